The summed E-state index contributed by atoms with van der Waals surface area (Å²) in [5.74, 6) is 0.0692. The first-order valence-electron chi connectivity index (χ1n) is 5.91. The molecule has 1 heterocycles. The summed E-state index contributed by atoms with van der Waals surface area (Å²) in [6.45, 7) is 7.82. The average molecular weight is 242 g/mol. The molecule has 0 aliphatic carbocycles. The minimum Gasteiger partial charge on any atom is -0.392 e. The summed E-state index contributed by atoms with van der Waals surface area (Å²) in [5.41, 5.74) is 4.93. The summed E-state index contributed by atoms with van der Waals surface area (Å²) in [5, 5.41) is 0. The van der Waals surface area contributed by atoms with Crippen molar-refractivity contribution in [1.82, 2.24) is 4.90 Å². The molecule has 0 aromatic heterocycles. The first kappa shape index (κ1) is 13.4. The van der Waals surface area contributed by atoms with E-state index in [1.807, 2.05) is 18.7 Å². The molecule has 0 radical (unpaired) electrons. The van der Waals surface area contributed by atoms with Crippen LogP contribution >= 0.6 is 12.2 Å². The third kappa shape index (κ3) is 2.37. The molecule has 2 N–H and O–H groups in total. The second-order valence-electron chi connectivity index (χ2n) is 5.33. The maximum Gasteiger partial charge on any atom is 0.235 e. The summed E-state index contributed by atoms with van der Waals surface area (Å²) < 4.78 is 0. The monoisotopic (exact) mass is 242 g/mol. The van der Waals surface area contributed by atoms with E-state index in [0.717, 1.165) is 12.8 Å². The van der Waals surface area contributed by atoms with Gasteiger partial charge in [0.25, 0.3) is 0 Å². The van der Waals surface area contributed by atoms with E-state index in [1.54, 1.807) is 0 Å². The maximum atomic E-state index is 12.4. The number of nitrogens with two attached hydrogens (primary N) is 1. The van der Waals surface area contributed by atoms with Gasteiger partial charge in [0, 0.05) is 12.1 Å². The highest BCUT2D eigenvalue weighted by Crippen LogP contribution is 2.28. The Kier molecular flexibility index (Phi) is 3.94. The van der Waals surface area contributed by atoms with Crippen LogP contribution in [0.4, 0.5) is 0 Å². The highest BCUT2D eigenvalue weighted by molar-refractivity contribution is 7.80. The highest BCUT2D eigenvalue weighted by atomic mass is 32.1. The number of piperidine rings is 1. The lowest BCUT2D eigenvalue weighted by Gasteiger charge is -2.42. The van der Waals surface area contributed by atoms with Crippen molar-refractivity contribution in [2.45, 2.75) is 59.0 Å². The second kappa shape index (κ2) is 4.70. The first-order valence-corrected chi connectivity index (χ1v) is 6.32. The molecule has 0 aromatic rings. The Morgan fingerprint density at radius 1 is 1.31 bits per heavy atom. The van der Waals surface area contributed by atoms with Gasteiger partial charge >= 0.3 is 0 Å². The molecule has 0 saturated carbocycles. The van der Waals surface area contributed by atoms with E-state index in [4.69, 9.17) is 18.0 Å². The van der Waals surface area contributed by atoms with Gasteiger partial charge in [0.2, 0.25) is 5.91 Å². The van der Waals surface area contributed by atoms with E-state index in [2.05, 4.69) is 13.8 Å². The molecule has 16 heavy (non-hydrogen) atoms. The lowest BCUT2D eigenvalue weighted by atomic mass is 9.87. The lowest BCUT2D eigenvalue weighted by Crippen LogP contribution is -2.55. The van der Waals surface area contributed by atoms with Gasteiger partial charge in [-0.15, -0.1) is 0 Å². The number of nitrogens with zero attached hydrogens (tertiary/aromatic N) is 1. The van der Waals surface area contributed by atoms with Crippen LogP contribution < -0.4 is 5.73 Å². The quantitative estimate of drug-likeness (QED) is 0.754. The van der Waals surface area contributed by atoms with Gasteiger partial charge in [0.1, 0.15) is 0 Å². The standard InChI is InChI=1S/C12H22N2OS/c1-8-6-5-7-9(2)14(8)11(15)12(3,4)10(13)16/h8-9H,5-7H2,1-4H3,(H2,13,16). The topological polar surface area (TPSA) is 46.3 Å². The van der Waals surface area contributed by atoms with Gasteiger partial charge in [-0.05, 0) is 47.0 Å². The van der Waals surface area contributed by atoms with Crippen molar-refractivity contribution in [3.05, 3.63) is 0 Å². The van der Waals surface area contributed by atoms with Crippen LogP contribution in [0.15, 0.2) is 0 Å². The minimum atomic E-state index is -0.727. The zero-order valence-electron chi connectivity index (χ0n) is 10.6. The van der Waals surface area contributed by atoms with Crippen LogP contribution in [0.3, 0.4) is 0 Å². The molecule has 1 rings (SSSR count). The van der Waals surface area contributed by atoms with Crippen molar-refractivity contribution in [3.8, 4) is 0 Å². The summed E-state index contributed by atoms with van der Waals surface area (Å²) in [6, 6.07) is 0.592. The van der Waals surface area contributed by atoms with Gasteiger partial charge in [-0.3, -0.25) is 4.79 Å². The predicted octanol–water partition coefficient (Wildman–Crippen LogP) is 2.09. The van der Waals surface area contributed by atoms with Gasteiger partial charge in [0.05, 0.1) is 10.4 Å². The number of carbonyl (C=O) groups is 1. The third-order valence-electron chi connectivity index (χ3n) is 3.58. The molecular formula is C12H22N2OS. The van der Waals surface area contributed by atoms with Crippen molar-refractivity contribution in [3.63, 3.8) is 0 Å². The molecule has 1 amide bonds. The Labute approximate surface area is 103 Å². The molecule has 0 aromatic carbocycles. The van der Waals surface area contributed by atoms with Gasteiger partial charge in [0.15, 0.2) is 0 Å². The fraction of sp³-hybridized carbons (Fsp3) is 0.833. The zero-order valence-corrected chi connectivity index (χ0v) is 11.4. The van der Waals surface area contributed by atoms with Crippen molar-refractivity contribution in [1.29, 1.82) is 0 Å². The van der Waals surface area contributed by atoms with Crippen molar-refractivity contribution >= 4 is 23.1 Å². The normalized spacial score (nSPS) is 26.6. The molecule has 1 aliphatic heterocycles. The summed E-state index contributed by atoms with van der Waals surface area (Å²) in [7, 11) is 0. The molecule has 1 aliphatic rings. The smallest absolute Gasteiger partial charge is 0.235 e. The molecule has 0 spiro atoms. The SMILES string of the molecule is CC1CCCC(C)N1C(=O)C(C)(C)C(N)=S. The Bertz CT molecular complexity index is 291. The summed E-state index contributed by atoms with van der Waals surface area (Å²) in [6.07, 6.45) is 3.34. The van der Waals surface area contributed by atoms with Crippen LogP contribution in [0.25, 0.3) is 0 Å². The van der Waals surface area contributed by atoms with Gasteiger partial charge in [-0.2, -0.15) is 0 Å². The Balaban J connectivity index is 2.90. The van der Waals surface area contributed by atoms with Crippen LogP contribution in [0.1, 0.15) is 47.0 Å². The lowest BCUT2D eigenvalue weighted by molar-refractivity contribution is -0.143. The molecule has 92 valence electrons. The van der Waals surface area contributed by atoms with Crippen LogP contribution in [0, 0.1) is 5.41 Å². The van der Waals surface area contributed by atoms with Gasteiger partial charge in [-0.25, -0.2) is 0 Å². The molecule has 0 bridgehead atoms. The summed E-state index contributed by atoms with van der Waals surface area (Å²) in [4.78, 5) is 14.7. The van der Waals surface area contributed by atoms with Crippen molar-refractivity contribution in [2.75, 3.05) is 0 Å². The highest BCUT2D eigenvalue weighted by Gasteiger charge is 2.39. The van der Waals surface area contributed by atoms with Crippen LogP contribution in [-0.4, -0.2) is 27.9 Å². The Morgan fingerprint density at radius 3 is 2.12 bits per heavy atom. The fourth-order valence-corrected chi connectivity index (χ4v) is 2.34. The van der Waals surface area contributed by atoms with Gasteiger partial charge < -0.3 is 10.6 Å². The molecule has 2 atom stereocenters. The Morgan fingerprint density at radius 2 is 1.75 bits per heavy atom. The number of amides is 1. The van der Waals surface area contributed by atoms with Gasteiger partial charge in [-0.1, -0.05) is 12.2 Å². The van der Waals surface area contributed by atoms with Crippen LogP contribution in [0.5, 0.6) is 0 Å². The van der Waals surface area contributed by atoms with Crippen molar-refractivity contribution < 1.29 is 4.79 Å². The van der Waals surface area contributed by atoms with Crippen LogP contribution in [-0.2, 0) is 4.79 Å². The van der Waals surface area contributed by atoms with E-state index in [9.17, 15) is 4.79 Å². The largest absolute Gasteiger partial charge is 0.392 e. The molecule has 2 unspecified atom stereocenters. The fourth-order valence-electron chi connectivity index (χ4n) is 2.25. The number of hydrogen-bond donors (Lipinski definition) is 1. The molecule has 4 heteroatoms. The third-order valence-corrected chi connectivity index (χ3v) is 4.09. The van der Waals surface area contributed by atoms with E-state index < -0.39 is 5.41 Å². The molecule has 3 nitrogen and oxygen atoms in total. The number of likely N-dealkylation sites (tertiary alicyclic amines) is 1. The maximum absolute atomic E-state index is 12.4. The first-order chi connectivity index (χ1) is 7.28. The average Bonchev–Trinajstić information content (AvgIpc) is 2.16. The number of thiocarbonyl (C=S) groups is 1. The Hall–Kier alpha value is -0.640. The summed E-state index contributed by atoms with van der Waals surface area (Å²) >= 11 is 4.98. The molecular weight excluding hydrogens is 220 g/mol. The molecule has 1 saturated heterocycles. The van der Waals surface area contributed by atoms with E-state index >= 15 is 0 Å². The second-order valence-corrected chi connectivity index (χ2v) is 5.77. The van der Waals surface area contributed by atoms with E-state index in [0.29, 0.717) is 12.1 Å². The van der Waals surface area contributed by atoms with Crippen LogP contribution in [0.2, 0.25) is 0 Å². The zero-order chi connectivity index (χ0) is 12.5. The van der Waals surface area contributed by atoms with E-state index in [1.165, 1.54) is 6.42 Å². The van der Waals surface area contributed by atoms with E-state index in [-0.39, 0.29) is 10.9 Å². The number of carbonyl (C=O) groups excluding carboxylic acids is 1. The van der Waals surface area contributed by atoms with Crippen molar-refractivity contribution in [2.24, 2.45) is 11.1 Å². The molecule has 1 fully saturated rings. The number of rotatable bonds is 2. The number of hydrogen-bond acceptors (Lipinski definition) is 2. The predicted molar refractivity (Wildman–Crippen MR) is 70.2 cm³/mol. The minimum absolute atomic E-state index is 0.0692.